The summed E-state index contributed by atoms with van der Waals surface area (Å²) < 4.78 is 0. The van der Waals surface area contributed by atoms with Crippen molar-refractivity contribution in [2.24, 2.45) is 0 Å². The van der Waals surface area contributed by atoms with Crippen LogP contribution in [0.1, 0.15) is 36.5 Å². The molecule has 2 heterocycles. The van der Waals surface area contributed by atoms with Crippen molar-refractivity contribution in [3.05, 3.63) is 53.1 Å². The standard InChI is InChI=1S/C26H34N6O3S/c1-3-11-28-24(34)21(17-27)26-32(4-2)25(35)22(36-26)18-30-20-10-7-9-19(16-20)23(33)29-12-8-15-31-13-5-6-14-31/h3,7,9-10,16,22,30H,1,4-6,8,11-15,18H2,2H3,(H,28,34)(H,29,33)/b26-21-/t22-/m1/s1. The first-order valence-corrected chi connectivity index (χ1v) is 13.2. The largest absolute Gasteiger partial charge is 0.383 e. The lowest BCUT2D eigenvalue weighted by atomic mass is 10.2. The van der Waals surface area contributed by atoms with E-state index in [9.17, 15) is 19.6 Å². The Labute approximate surface area is 217 Å². The minimum Gasteiger partial charge on any atom is -0.383 e. The summed E-state index contributed by atoms with van der Waals surface area (Å²) in [6, 6.07) is 9.10. The summed E-state index contributed by atoms with van der Waals surface area (Å²) in [6.45, 7) is 10.2. The fraction of sp³-hybridized carbons (Fsp3) is 0.462. The monoisotopic (exact) mass is 510 g/mol. The van der Waals surface area contributed by atoms with E-state index >= 15 is 0 Å². The number of carbonyl (C=O) groups is 3. The van der Waals surface area contributed by atoms with E-state index < -0.39 is 11.2 Å². The van der Waals surface area contributed by atoms with Gasteiger partial charge in [-0.1, -0.05) is 23.9 Å². The van der Waals surface area contributed by atoms with Gasteiger partial charge in [-0.05, 0) is 64.0 Å². The Morgan fingerprint density at radius 1 is 1.28 bits per heavy atom. The van der Waals surface area contributed by atoms with Gasteiger partial charge in [-0.15, -0.1) is 6.58 Å². The zero-order chi connectivity index (χ0) is 25.9. The summed E-state index contributed by atoms with van der Waals surface area (Å²) in [5, 5.41) is 18.2. The van der Waals surface area contributed by atoms with Gasteiger partial charge in [-0.25, -0.2) is 0 Å². The van der Waals surface area contributed by atoms with Gasteiger partial charge in [0.15, 0.2) is 0 Å². The van der Waals surface area contributed by atoms with Crippen LogP contribution in [0.3, 0.4) is 0 Å². The Balaban J connectivity index is 1.57. The molecule has 3 amide bonds. The Morgan fingerprint density at radius 2 is 2.06 bits per heavy atom. The van der Waals surface area contributed by atoms with Gasteiger partial charge < -0.3 is 25.8 Å². The predicted octanol–water partition coefficient (Wildman–Crippen LogP) is 2.32. The Bertz CT molecular complexity index is 1040. The van der Waals surface area contributed by atoms with Crippen molar-refractivity contribution < 1.29 is 14.4 Å². The molecule has 0 aliphatic carbocycles. The highest BCUT2D eigenvalue weighted by molar-refractivity contribution is 8.04. The van der Waals surface area contributed by atoms with E-state index in [1.807, 2.05) is 12.1 Å². The van der Waals surface area contributed by atoms with E-state index in [4.69, 9.17) is 0 Å². The van der Waals surface area contributed by atoms with Gasteiger partial charge >= 0.3 is 0 Å². The Morgan fingerprint density at radius 3 is 2.75 bits per heavy atom. The van der Waals surface area contributed by atoms with Crippen LogP contribution in [0.2, 0.25) is 0 Å². The highest BCUT2D eigenvalue weighted by atomic mass is 32.2. The zero-order valence-electron chi connectivity index (χ0n) is 20.7. The molecule has 0 unspecified atom stereocenters. The molecule has 3 N–H and O–H groups in total. The number of benzene rings is 1. The molecule has 0 radical (unpaired) electrons. The number of nitrogens with one attached hydrogen (secondary N) is 3. The van der Waals surface area contributed by atoms with Crippen molar-refractivity contribution in [1.29, 1.82) is 5.26 Å². The third-order valence-corrected chi connectivity index (χ3v) is 7.37. The predicted molar refractivity (Wildman–Crippen MR) is 142 cm³/mol. The highest BCUT2D eigenvalue weighted by Gasteiger charge is 2.38. The number of hydrogen-bond donors (Lipinski definition) is 3. The van der Waals surface area contributed by atoms with Crippen molar-refractivity contribution >= 4 is 35.2 Å². The Kier molecular flexibility index (Phi) is 10.4. The average Bonchev–Trinajstić information content (AvgIpc) is 3.52. The van der Waals surface area contributed by atoms with Crippen LogP contribution in [0.4, 0.5) is 5.69 Å². The normalized spacial score (nSPS) is 19.1. The van der Waals surface area contributed by atoms with Crippen molar-refractivity contribution in [3.8, 4) is 6.07 Å². The number of amides is 3. The van der Waals surface area contributed by atoms with E-state index in [1.54, 1.807) is 25.1 Å². The fourth-order valence-electron chi connectivity index (χ4n) is 4.19. The molecule has 0 aromatic heterocycles. The maximum atomic E-state index is 12.9. The topological polar surface area (TPSA) is 118 Å². The van der Waals surface area contributed by atoms with Gasteiger partial charge in [0.05, 0.1) is 0 Å². The molecule has 1 aromatic carbocycles. The summed E-state index contributed by atoms with van der Waals surface area (Å²) in [6.07, 6.45) is 4.97. The molecule has 2 fully saturated rings. The van der Waals surface area contributed by atoms with Gasteiger partial charge in [-0.3, -0.25) is 14.4 Å². The molecular weight excluding hydrogens is 476 g/mol. The highest BCUT2D eigenvalue weighted by Crippen LogP contribution is 2.37. The van der Waals surface area contributed by atoms with Crippen LogP contribution < -0.4 is 16.0 Å². The molecular formula is C26H34N6O3S. The lowest BCUT2D eigenvalue weighted by Gasteiger charge is -2.16. The molecule has 2 saturated heterocycles. The van der Waals surface area contributed by atoms with Gasteiger partial charge in [0, 0.05) is 37.4 Å². The summed E-state index contributed by atoms with van der Waals surface area (Å²) in [5.41, 5.74) is 1.19. The lowest BCUT2D eigenvalue weighted by molar-refractivity contribution is -0.127. The van der Waals surface area contributed by atoms with E-state index in [0.29, 0.717) is 23.7 Å². The summed E-state index contributed by atoms with van der Waals surface area (Å²) >= 11 is 1.20. The van der Waals surface area contributed by atoms with E-state index in [0.717, 1.165) is 31.7 Å². The van der Waals surface area contributed by atoms with Crippen LogP contribution in [0.25, 0.3) is 0 Å². The molecule has 36 heavy (non-hydrogen) atoms. The van der Waals surface area contributed by atoms with E-state index in [2.05, 4.69) is 27.4 Å². The van der Waals surface area contributed by atoms with E-state index in [1.165, 1.54) is 35.6 Å². The zero-order valence-corrected chi connectivity index (χ0v) is 21.5. The molecule has 0 spiro atoms. The SMILES string of the molecule is C=CCNC(=O)/C(C#N)=C1\S[C@H](CNc2cccc(C(=O)NCCCN3CCCC3)c2)C(=O)N1CC. The van der Waals surface area contributed by atoms with Gasteiger partial charge in [0.1, 0.15) is 21.9 Å². The number of nitriles is 1. The number of likely N-dealkylation sites (tertiary alicyclic amines) is 1. The van der Waals surface area contributed by atoms with Crippen LogP contribution in [0.15, 0.2) is 47.5 Å². The quantitative estimate of drug-likeness (QED) is 0.171. The minimum absolute atomic E-state index is 0.0806. The van der Waals surface area contributed by atoms with Crippen molar-refractivity contribution in [3.63, 3.8) is 0 Å². The van der Waals surface area contributed by atoms with Crippen molar-refractivity contribution in [1.82, 2.24) is 20.4 Å². The third-order valence-electron chi connectivity index (χ3n) is 6.07. The summed E-state index contributed by atoms with van der Waals surface area (Å²) in [4.78, 5) is 41.8. The van der Waals surface area contributed by atoms with Crippen LogP contribution in [-0.4, -0.2) is 78.6 Å². The molecule has 1 aromatic rings. The number of rotatable bonds is 12. The first-order chi connectivity index (χ1) is 17.5. The van der Waals surface area contributed by atoms with Crippen LogP contribution >= 0.6 is 11.8 Å². The first kappa shape index (κ1) is 27.3. The molecule has 9 nitrogen and oxygen atoms in total. The number of thioether (sulfide) groups is 1. The van der Waals surface area contributed by atoms with Crippen molar-refractivity contribution in [2.45, 2.75) is 31.4 Å². The molecule has 192 valence electrons. The summed E-state index contributed by atoms with van der Waals surface area (Å²) in [5.74, 6) is -0.821. The number of nitrogens with zero attached hydrogens (tertiary/aromatic N) is 3. The van der Waals surface area contributed by atoms with Gasteiger partial charge in [-0.2, -0.15) is 5.26 Å². The van der Waals surface area contributed by atoms with Crippen molar-refractivity contribution in [2.75, 3.05) is 51.1 Å². The van der Waals surface area contributed by atoms with E-state index in [-0.39, 0.29) is 30.5 Å². The molecule has 10 heteroatoms. The first-order valence-electron chi connectivity index (χ1n) is 12.3. The fourth-order valence-corrected chi connectivity index (χ4v) is 5.45. The molecule has 2 aliphatic heterocycles. The molecule has 2 aliphatic rings. The second-order valence-corrected chi connectivity index (χ2v) is 9.79. The second-order valence-electron chi connectivity index (χ2n) is 8.60. The lowest BCUT2D eigenvalue weighted by Crippen LogP contribution is -2.33. The number of carbonyl (C=O) groups excluding carboxylic acids is 3. The van der Waals surface area contributed by atoms with Gasteiger partial charge in [0.25, 0.3) is 11.8 Å². The van der Waals surface area contributed by atoms with Crippen LogP contribution in [-0.2, 0) is 9.59 Å². The minimum atomic E-state index is -0.529. The number of hydrogen-bond acceptors (Lipinski definition) is 7. The Hall–Kier alpha value is -3.29. The maximum absolute atomic E-state index is 12.9. The average molecular weight is 511 g/mol. The second kappa shape index (κ2) is 13.7. The van der Waals surface area contributed by atoms with Crippen LogP contribution in [0.5, 0.6) is 0 Å². The van der Waals surface area contributed by atoms with Crippen LogP contribution in [0, 0.1) is 11.3 Å². The molecule has 3 rings (SSSR count). The molecule has 0 saturated carbocycles. The molecule has 1 atom stereocenters. The van der Waals surface area contributed by atoms with Gasteiger partial charge in [0.2, 0.25) is 5.91 Å². The molecule has 0 bridgehead atoms. The number of anilines is 1. The smallest absolute Gasteiger partial charge is 0.264 e. The maximum Gasteiger partial charge on any atom is 0.264 e. The summed E-state index contributed by atoms with van der Waals surface area (Å²) in [7, 11) is 0. The third kappa shape index (κ3) is 7.12.